The van der Waals surface area contributed by atoms with E-state index in [0.29, 0.717) is 0 Å². The average Bonchev–Trinajstić information content (AvgIpc) is 2.93. The number of nitro benzene ring substituents is 1. The first-order valence-electron chi connectivity index (χ1n) is 11.8. The molecule has 1 fully saturated rings. The molecule has 2 aliphatic heterocycles. The number of hydrogen-bond acceptors (Lipinski definition) is 11. The third-order valence-corrected chi connectivity index (χ3v) is 7.56. The van der Waals surface area contributed by atoms with E-state index in [9.17, 15) is 49.1 Å². The van der Waals surface area contributed by atoms with Crippen molar-refractivity contribution in [3.63, 3.8) is 0 Å². The first kappa shape index (κ1) is 30.8. The zero-order valence-electron chi connectivity index (χ0n) is 21.4. The summed E-state index contributed by atoms with van der Waals surface area (Å²) in [6.07, 6.45) is -1.60. The number of benzene rings is 1. The van der Waals surface area contributed by atoms with E-state index in [1.807, 2.05) is 0 Å². The van der Waals surface area contributed by atoms with E-state index in [4.69, 9.17) is 10.5 Å². The Morgan fingerprint density at radius 1 is 1.24 bits per heavy atom. The van der Waals surface area contributed by atoms with Gasteiger partial charge in [0, 0.05) is 42.6 Å². The highest BCUT2D eigenvalue weighted by molar-refractivity contribution is 8.00. The van der Waals surface area contributed by atoms with Gasteiger partial charge in [-0.15, -0.1) is 11.8 Å². The fourth-order valence-corrected chi connectivity index (χ4v) is 5.60. The number of thioether (sulfide) groups is 1. The number of carbonyl (C=O) groups excluding carboxylic acids is 4. The Morgan fingerprint density at radius 3 is 2.44 bits per heavy atom. The van der Waals surface area contributed by atoms with Gasteiger partial charge in [-0.2, -0.15) is 0 Å². The summed E-state index contributed by atoms with van der Waals surface area (Å²) in [5.74, 6) is -5.17. The van der Waals surface area contributed by atoms with E-state index in [1.54, 1.807) is 0 Å². The number of carboxylic acid groups (broad SMARTS) is 2. The molecule has 1 unspecified atom stereocenters. The number of nitro groups is 1. The summed E-state index contributed by atoms with van der Waals surface area (Å²) in [5, 5.41) is 33.7. The van der Waals surface area contributed by atoms with E-state index in [2.05, 4.69) is 15.4 Å². The van der Waals surface area contributed by atoms with Crippen LogP contribution in [0, 0.1) is 10.1 Å². The molecule has 2 aliphatic rings. The molecular formula is C23H25N5O12S. The molecule has 220 valence electrons. The molecule has 1 aromatic carbocycles. The van der Waals surface area contributed by atoms with Crippen molar-refractivity contribution in [3.05, 3.63) is 51.2 Å². The number of hydrogen-bond donors (Lipinski definition) is 5. The zero-order valence-corrected chi connectivity index (χ0v) is 22.2. The quantitative estimate of drug-likeness (QED) is 0.0854. The normalized spacial score (nSPS) is 20.3. The number of ether oxygens (including phenoxy) is 2. The predicted octanol–water partition coefficient (Wildman–Crippen LogP) is -0.244. The van der Waals surface area contributed by atoms with Crippen LogP contribution < -0.4 is 16.4 Å². The van der Waals surface area contributed by atoms with Crippen molar-refractivity contribution in [2.75, 3.05) is 19.5 Å². The third kappa shape index (κ3) is 6.55. The molecule has 17 nitrogen and oxygen atoms in total. The molecule has 1 aromatic rings. The average molecular weight is 596 g/mol. The Balaban J connectivity index is 1.60. The highest BCUT2D eigenvalue weighted by Gasteiger charge is 2.66. The summed E-state index contributed by atoms with van der Waals surface area (Å²) in [4.78, 5) is 83.6. The topological polar surface area (TPSA) is 258 Å². The first-order valence-corrected chi connectivity index (χ1v) is 12.8. The number of fused-ring (bicyclic) bond motifs is 1. The molecule has 41 heavy (non-hydrogen) atoms. The minimum atomic E-state index is -1.89. The van der Waals surface area contributed by atoms with Gasteiger partial charge in [-0.1, -0.05) is 0 Å². The molecule has 0 bridgehead atoms. The second-order valence-electron chi connectivity index (χ2n) is 8.75. The number of non-ortho nitro benzene ring substituents is 1. The van der Waals surface area contributed by atoms with Crippen molar-refractivity contribution >= 4 is 53.2 Å². The summed E-state index contributed by atoms with van der Waals surface area (Å²) >= 11 is 1.06. The number of carboxylic acids is 2. The van der Waals surface area contributed by atoms with Crippen molar-refractivity contribution in [2.45, 2.75) is 36.4 Å². The number of methoxy groups -OCH3 is 1. The van der Waals surface area contributed by atoms with Gasteiger partial charge in [-0.25, -0.2) is 14.4 Å². The third-order valence-electron chi connectivity index (χ3n) is 6.19. The Morgan fingerprint density at radius 2 is 1.90 bits per heavy atom. The van der Waals surface area contributed by atoms with Crippen LogP contribution in [0.15, 0.2) is 35.5 Å². The van der Waals surface area contributed by atoms with Gasteiger partial charge in [-0.3, -0.25) is 29.4 Å². The van der Waals surface area contributed by atoms with Gasteiger partial charge in [0.25, 0.3) is 23.2 Å². The Hall–Kier alpha value is -4.71. The molecule has 4 amide bonds. The minimum Gasteiger partial charge on any atom is -0.480 e. The van der Waals surface area contributed by atoms with Crippen molar-refractivity contribution in [2.24, 2.45) is 5.73 Å². The van der Waals surface area contributed by atoms with E-state index >= 15 is 0 Å². The zero-order chi connectivity index (χ0) is 30.5. The summed E-state index contributed by atoms with van der Waals surface area (Å²) in [6.45, 7) is -0.446. The molecular weight excluding hydrogens is 570 g/mol. The first-order chi connectivity index (χ1) is 19.3. The van der Waals surface area contributed by atoms with Crippen LogP contribution in [0.2, 0.25) is 0 Å². The molecule has 0 aliphatic carbocycles. The van der Waals surface area contributed by atoms with Crippen molar-refractivity contribution in [1.29, 1.82) is 0 Å². The monoisotopic (exact) mass is 595 g/mol. The Bertz CT molecular complexity index is 1320. The Kier molecular flexibility index (Phi) is 9.51. The largest absolute Gasteiger partial charge is 0.480 e. The minimum absolute atomic E-state index is 0.00112. The van der Waals surface area contributed by atoms with Crippen LogP contribution in [-0.4, -0.2) is 92.4 Å². The fraction of sp³-hybridized carbons (Fsp3) is 0.391. The molecule has 6 N–H and O–H groups in total. The number of β-lactam (4-membered cyclic amide) rings is 1. The van der Waals surface area contributed by atoms with Crippen LogP contribution in [0.5, 0.6) is 0 Å². The lowest BCUT2D eigenvalue weighted by molar-refractivity contribution is -0.384. The lowest BCUT2D eigenvalue weighted by Gasteiger charge is -2.55. The van der Waals surface area contributed by atoms with Gasteiger partial charge in [-0.05, 0) is 25.0 Å². The van der Waals surface area contributed by atoms with Crippen LogP contribution in [-0.2, 0) is 28.7 Å². The number of rotatable bonds is 13. The SMILES string of the molecule is CO[C@@]1(NC(=O)CCCC(NC(=O)c2ccc([N+](=O)[O-])cc2)C(=O)O)C(=O)N2C(C(=O)O)=C(COC(N)=O)CS[C@H]21. The predicted molar refractivity (Wildman–Crippen MR) is 137 cm³/mol. The molecule has 0 aromatic heterocycles. The molecule has 1 saturated heterocycles. The molecule has 0 saturated carbocycles. The highest BCUT2D eigenvalue weighted by Crippen LogP contribution is 2.46. The van der Waals surface area contributed by atoms with Gasteiger partial charge in [0.1, 0.15) is 23.7 Å². The highest BCUT2D eigenvalue weighted by atomic mass is 32.2. The number of carbonyl (C=O) groups is 6. The maximum atomic E-state index is 13.0. The van der Waals surface area contributed by atoms with E-state index < -0.39 is 70.1 Å². The maximum Gasteiger partial charge on any atom is 0.404 e. The number of nitrogens with one attached hydrogen (secondary N) is 2. The number of primary amides is 1. The van der Waals surface area contributed by atoms with Crippen LogP contribution >= 0.6 is 11.8 Å². The van der Waals surface area contributed by atoms with Gasteiger partial charge in [0.05, 0.1) is 4.92 Å². The van der Waals surface area contributed by atoms with E-state index in [0.717, 1.165) is 35.9 Å². The molecule has 3 atom stereocenters. The van der Waals surface area contributed by atoms with Crippen molar-refractivity contribution in [1.82, 2.24) is 15.5 Å². The van der Waals surface area contributed by atoms with Gasteiger partial charge < -0.3 is 36.1 Å². The lowest BCUT2D eigenvalue weighted by atomic mass is 9.97. The van der Waals surface area contributed by atoms with Crippen molar-refractivity contribution in [3.8, 4) is 0 Å². The maximum absolute atomic E-state index is 13.0. The molecule has 3 rings (SSSR count). The number of nitrogens with two attached hydrogens (primary N) is 1. The number of amides is 4. The fourth-order valence-electron chi connectivity index (χ4n) is 4.18. The van der Waals surface area contributed by atoms with Gasteiger partial charge in [0.15, 0.2) is 0 Å². The van der Waals surface area contributed by atoms with Crippen LogP contribution in [0.25, 0.3) is 0 Å². The smallest absolute Gasteiger partial charge is 0.404 e. The molecule has 0 spiro atoms. The number of aliphatic carboxylic acids is 2. The molecule has 18 heteroatoms. The van der Waals surface area contributed by atoms with E-state index in [1.165, 1.54) is 12.1 Å². The van der Waals surface area contributed by atoms with Gasteiger partial charge >= 0.3 is 18.0 Å². The molecule has 2 heterocycles. The second kappa shape index (κ2) is 12.6. The lowest BCUT2D eigenvalue weighted by Crippen LogP contribution is -2.80. The van der Waals surface area contributed by atoms with Crippen LogP contribution in [0.1, 0.15) is 29.6 Å². The standard InChI is InChI=1S/C23H25N5O12S/c1-39-23(20(35)27-16(19(33)34)12(9-40-22(24)36)10-41-21(23)27)26-15(29)4-2-3-14(18(31)32)25-17(30)11-5-7-13(8-6-11)28(37)38/h5-8,14,21H,2-4,9-10H2,1H3,(H2,24,36)(H,25,30)(H,26,29)(H,31,32)(H,33,34)/t14?,21-,23-/m0/s1. The Labute approximate surface area is 235 Å². The van der Waals surface area contributed by atoms with Gasteiger partial charge in [0.2, 0.25) is 5.91 Å². The number of nitrogens with zero attached hydrogens (tertiary/aromatic N) is 2. The summed E-state index contributed by atoms with van der Waals surface area (Å²) in [5.41, 5.74) is 2.49. The van der Waals surface area contributed by atoms with E-state index in [-0.39, 0.29) is 41.8 Å². The van der Waals surface area contributed by atoms with Crippen LogP contribution in [0.3, 0.4) is 0 Å². The molecule has 0 radical (unpaired) electrons. The second-order valence-corrected chi connectivity index (χ2v) is 9.82. The summed E-state index contributed by atoms with van der Waals surface area (Å²) < 4.78 is 9.98. The summed E-state index contributed by atoms with van der Waals surface area (Å²) in [7, 11) is 1.15. The van der Waals surface area contributed by atoms with Crippen LogP contribution in [0.4, 0.5) is 10.5 Å². The van der Waals surface area contributed by atoms with Crippen molar-refractivity contribution < 1.29 is 53.4 Å². The summed E-state index contributed by atoms with van der Waals surface area (Å²) in [6, 6.07) is 3.15.